The first-order chi connectivity index (χ1) is 8.84. The van der Waals surface area contributed by atoms with Crippen molar-refractivity contribution in [1.29, 1.82) is 0 Å². The van der Waals surface area contributed by atoms with E-state index in [1.807, 2.05) is 60.7 Å². The number of nitrogens with zero attached hydrogens (tertiary/aromatic N) is 2. The Balaban J connectivity index is 2.10. The zero-order chi connectivity index (χ0) is 12.4. The fourth-order valence-electron chi connectivity index (χ4n) is 1.80. The van der Waals surface area contributed by atoms with E-state index in [0.717, 1.165) is 16.9 Å². The number of hydrogen-bond donors (Lipinski definition) is 1. The first kappa shape index (κ1) is 10.9. The van der Waals surface area contributed by atoms with Gasteiger partial charge >= 0.3 is 0 Å². The predicted molar refractivity (Wildman–Crippen MR) is 74.2 cm³/mol. The molecule has 1 N–H and O–H groups in total. The quantitative estimate of drug-likeness (QED) is 0.708. The van der Waals surface area contributed by atoms with E-state index in [0.29, 0.717) is 4.64 Å². The van der Waals surface area contributed by atoms with Crippen LogP contribution < -0.4 is 0 Å². The Morgan fingerprint density at radius 1 is 0.889 bits per heavy atom. The highest BCUT2D eigenvalue weighted by molar-refractivity contribution is 7.71. The third-order valence-electron chi connectivity index (χ3n) is 2.67. The standard InChI is InChI=1S/C14H11N3S/c18-14-13(11-7-3-1-4-8-11)15-17(16-14)12-9-5-2-6-10-12/h1-10H,(H,16,18). The van der Waals surface area contributed by atoms with Crippen molar-refractivity contribution in [3.63, 3.8) is 0 Å². The summed E-state index contributed by atoms with van der Waals surface area (Å²) in [7, 11) is 0. The average Bonchev–Trinajstić information content (AvgIpc) is 2.83. The zero-order valence-electron chi connectivity index (χ0n) is 9.58. The third-order valence-corrected chi connectivity index (χ3v) is 2.96. The van der Waals surface area contributed by atoms with E-state index < -0.39 is 0 Å². The number of aromatic nitrogens is 3. The van der Waals surface area contributed by atoms with Crippen LogP contribution in [0.15, 0.2) is 60.7 Å². The summed E-state index contributed by atoms with van der Waals surface area (Å²) in [5.74, 6) is 0. The van der Waals surface area contributed by atoms with Crippen LogP contribution >= 0.6 is 12.2 Å². The summed E-state index contributed by atoms with van der Waals surface area (Å²) in [6.45, 7) is 0. The lowest BCUT2D eigenvalue weighted by atomic mass is 10.2. The van der Waals surface area contributed by atoms with E-state index in [-0.39, 0.29) is 0 Å². The van der Waals surface area contributed by atoms with Crippen LogP contribution in [0.1, 0.15) is 0 Å². The molecule has 1 heterocycles. The van der Waals surface area contributed by atoms with Crippen LogP contribution in [-0.4, -0.2) is 15.0 Å². The second-order valence-corrected chi connectivity index (χ2v) is 4.31. The molecule has 0 aliphatic heterocycles. The highest BCUT2D eigenvalue weighted by Gasteiger charge is 2.06. The molecular formula is C14H11N3S. The van der Waals surface area contributed by atoms with Crippen LogP contribution in [0.25, 0.3) is 16.9 Å². The van der Waals surface area contributed by atoms with Gasteiger partial charge in [0.1, 0.15) is 10.3 Å². The number of benzene rings is 2. The molecule has 0 fully saturated rings. The number of aromatic amines is 1. The SMILES string of the molecule is S=c1[nH]n(-c2ccccc2)nc1-c1ccccc1. The second kappa shape index (κ2) is 4.58. The topological polar surface area (TPSA) is 33.6 Å². The Morgan fingerprint density at radius 3 is 2.17 bits per heavy atom. The Morgan fingerprint density at radius 2 is 1.50 bits per heavy atom. The van der Waals surface area contributed by atoms with Crippen molar-refractivity contribution in [1.82, 2.24) is 15.0 Å². The molecule has 0 aliphatic rings. The van der Waals surface area contributed by atoms with E-state index in [1.54, 1.807) is 4.80 Å². The molecule has 4 heteroatoms. The van der Waals surface area contributed by atoms with Gasteiger partial charge in [-0.05, 0) is 12.1 Å². The molecule has 0 amide bonds. The summed E-state index contributed by atoms with van der Waals surface area (Å²) >= 11 is 5.32. The molecule has 0 atom stereocenters. The molecule has 88 valence electrons. The minimum Gasteiger partial charge on any atom is -0.265 e. The van der Waals surface area contributed by atoms with Crippen LogP contribution in [-0.2, 0) is 0 Å². The highest BCUT2D eigenvalue weighted by atomic mass is 32.1. The Hall–Kier alpha value is -2.20. The van der Waals surface area contributed by atoms with Crippen molar-refractivity contribution in [3.8, 4) is 16.9 Å². The summed E-state index contributed by atoms with van der Waals surface area (Å²) in [6.07, 6.45) is 0. The molecule has 0 aliphatic carbocycles. The van der Waals surface area contributed by atoms with Gasteiger partial charge in [-0.3, -0.25) is 5.10 Å². The predicted octanol–water partition coefficient (Wildman–Crippen LogP) is 3.60. The lowest BCUT2D eigenvalue weighted by Gasteiger charge is -1.98. The number of rotatable bonds is 2. The first-order valence-electron chi connectivity index (χ1n) is 5.65. The molecule has 0 radical (unpaired) electrons. The van der Waals surface area contributed by atoms with Crippen LogP contribution in [0.2, 0.25) is 0 Å². The van der Waals surface area contributed by atoms with E-state index in [9.17, 15) is 0 Å². The van der Waals surface area contributed by atoms with E-state index >= 15 is 0 Å². The monoisotopic (exact) mass is 253 g/mol. The first-order valence-corrected chi connectivity index (χ1v) is 6.05. The molecular weight excluding hydrogens is 242 g/mol. The molecule has 3 rings (SSSR count). The zero-order valence-corrected chi connectivity index (χ0v) is 10.4. The highest BCUT2D eigenvalue weighted by Crippen LogP contribution is 2.18. The maximum Gasteiger partial charge on any atom is 0.148 e. The number of H-pyrrole nitrogens is 1. The summed E-state index contributed by atoms with van der Waals surface area (Å²) in [4.78, 5) is 1.70. The van der Waals surface area contributed by atoms with E-state index in [4.69, 9.17) is 12.2 Å². The van der Waals surface area contributed by atoms with Crippen molar-refractivity contribution < 1.29 is 0 Å². The number of para-hydroxylation sites is 1. The molecule has 0 bridgehead atoms. The van der Waals surface area contributed by atoms with Gasteiger partial charge in [0.05, 0.1) is 5.69 Å². The normalized spacial score (nSPS) is 10.4. The fraction of sp³-hybridized carbons (Fsp3) is 0. The molecule has 0 saturated carbocycles. The van der Waals surface area contributed by atoms with Crippen molar-refractivity contribution >= 4 is 12.2 Å². The maximum atomic E-state index is 5.32. The van der Waals surface area contributed by atoms with Gasteiger partial charge in [0, 0.05) is 5.56 Å². The molecule has 3 nitrogen and oxygen atoms in total. The van der Waals surface area contributed by atoms with Gasteiger partial charge < -0.3 is 0 Å². The van der Waals surface area contributed by atoms with Gasteiger partial charge in [-0.1, -0.05) is 60.7 Å². The second-order valence-electron chi connectivity index (χ2n) is 3.90. The van der Waals surface area contributed by atoms with E-state index in [2.05, 4.69) is 10.2 Å². The van der Waals surface area contributed by atoms with Gasteiger partial charge in [0.25, 0.3) is 0 Å². The van der Waals surface area contributed by atoms with Gasteiger partial charge in [0.15, 0.2) is 0 Å². The lowest BCUT2D eigenvalue weighted by Crippen LogP contribution is -1.97. The summed E-state index contributed by atoms with van der Waals surface area (Å²) in [5, 5.41) is 7.59. The summed E-state index contributed by atoms with van der Waals surface area (Å²) < 4.78 is 0.644. The van der Waals surface area contributed by atoms with Crippen molar-refractivity contribution in [2.45, 2.75) is 0 Å². The van der Waals surface area contributed by atoms with Crippen LogP contribution in [0.3, 0.4) is 0 Å². The molecule has 0 spiro atoms. The molecule has 0 saturated heterocycles. The van der Waals surface area contributed by atoms with Crippen molar-refractivity contribution in [2.24, 2.45) is 0 Å². The Kier molecular flexibility index (Phi) is 2.78. The minimum absolute atomic E-state index is 0.644. The van der Waals surface area contributed by atoms with Gasteiger partial charge in [-0.2, -0.15) is 4.80 Å². The molecule has 3 aromatic rings. The molecule has 1 aromatic heterocycles. The van der Waals surface area contributed by atoms with Crippen molar-refractivity contribution in [3.05, 3.63) is 65.3 Å². The van der Waals surface area contributed by atoms with Gasteiger partial charge in [0.2, 0.25) is 0 Å². The van der Waals surface area contributed by atoms with Gasteiger partial charge in [-0.25, -0.2) is 0 Å². The molecule has 2 aromatic carbocycles. The van der Waals surface area contributed by atoms with Crippen LogP contribution in [0, 0.1) is 4.64 Å². The number of hydrogen-bond acceptors (Lipinski definition) is 2. The van der Waals surface area contributed by atoms with Crippen LogP contribution in [0.5, 0.6) is 0 Å². The van der Waals surface area contributed by atoms with Crippen LogP contribution in [0.4, 0.5) is 0 Å². The Bertz CT molecular complexity index is 699. The maximum absolute atomic E-state index is 5.32. The van der Waals surface area contributed by atoms with Crippen molar-refractivity contribution in [2.75, 3.05) is 0 Å². The van der Waals surface area contributed by atoms with Gasteiger partial charge in [-0.15, -0.1) is 5.10 Å². The minimum atomic E-state index is 0.644. The Labute approximate surface area is 110 Å². The van der Waals surface area contributed by atoms with E-state index in [1.165, 1.54) is 0 Å². The lowest BCUT2D eigenvalue weighted by molar-refractivity contribution is 0.751. The average molecular weight is 253 g/mol. The molecule has 0 unspecified atom stereocenters. The summed E-state index contributed by atoms with van der Waals surface area (Å²) in [6, 6.07) is 19.8. The fourth-order valence-corrected chi connectivity index (χ4v) is 2.04. The largest absolute Gasteiger partial charge is 0.265 e. The molecule has 18 heavy (non-hydrogen) atoms. The third kappa shape index (κ3) is 1.98. The summed E-state index contributed by atoms with van der Waals surface area (Å²) in [5.41, 5.74) is 2.79. The smallest absolute Gasteiger partial charge is 0.148 e. The number of nitrogens with one attached hydrogen (secondary N) is 1.